The van der Waals surface area contributed by atoms with Crippen LogP contribution in [-0.4, -0.2) is 16.7 Å². The Morgan fingerprint density at radius 2 is 1.96 bits per heavy atom. The summed E-state index contributed by atoms with van der Waals surface area (Å²) < 4.78 is 0.700. The number of fused-ring (bicyclic) bond motifs is 1. The number of aromatic amines is 1. The second-order valence-electron chi connectivity index (χ2n) is 6.03. The van der Waals surface area contributed by atoms with Gasteiger partial charge in [0, 0.05) is 39.8 Å². The van der Waals surface area contributed by atoms with Crippen LogP contribution in [0.1, 0.15) is 49.5 Å². The Hall–Kier alpha value is -2.21. The molecule has 5 nitrogen and oxygen atoms in total. The molecule has 1 aromatic heterocycles. The van der Waals surface area contributed by atoms with Gasteiger partial charge in [0.25, 0.3) is 11.5 Å². The van der Waals surface area contributed by atoms with E-state index < -0.39 is 0 Å². The molecule has 0 atom stereocenters. The third-order valence-corrected chi connectivity index (χ3v) is 4.74. The van der Waals surface area contributed by atoms with Crippen LogP contribution in [0.3, 0.4) is 0 Å². The van der Waals surface area contributed by atoms with Crippen molar-refractivity contribution in [2.75, 3.05) is 0 Å². The number of H-pyrrole nitrogens is 1. The fraction of sp³-hybridized carbons (Fsp3) is 0.278. The van der Waals surface area contributed by atoms with E-state index in [4.69, 9.17) is 0 Å². The van der Waals surface area contributed by atoms with Gasteiger partial charge in [-0.15, -0.1) is 0 Å². The molecule has 1 heterocycles. The number of hydrogen-bond donors (Lipinski definition) is 2. The molecule has 1 aliphatic carbocycles. The highest BCUT2D eigenvalue weighted by Crippen LogP contribution is 2.29. The molecule has 0 spiro atoms. The largest absolute Gasteiger partial charge is 0.348 e. The van der Waals surface area contributed by atoms with Crippen molar-refractivity contribution in [3.05, 3.63) is 66.5 Å². The summed E-state index contributed by atoms with van der Waals surface area (Å²) in [4.78, 5) is 39.2. The molecule has 6 heteroatoms. The van der Waals surface area contributed by atoms with Crippen LogP contribution in [0.2, 0.25) is 0 Å². The van der Waals surface area contributed by atoms with E-state index in [9.17, 15) is 14.4 Å². The number of aromatic nitrogens is 1. The van der Waals surface area contributed by atoms with Crippen molar-refractivity contribution in [2.45, 2.75) is 33.2 Å². The minimum atomic E-state index is -0.276. The molecule has 3 rings (SSSR count). The summed E-state index contributed by atoms with van der Waals surface area (Å²) in [6, 6.07) is 5.35. The molecule has 0 aliphatic heterocycles. The van der Waals surface area contributed by atoms with Gasteiger partial charge in [0.15, 0.2) is 5.78 Å². The summed E-state index contributed by atoms with van der Waals surface area (Å²) >= 11 is 3.35. The Morgan fingerprint density at radius 3 is 2.67 bits per heavy atom. The van der Waals surface area contributed by atoms with Crippen molar-refractivity contribution in [2.24, 2.45) is 0 Å². The molecule has 0 unspecified atom stereocenters. The molecule has 0 radical (unpaired) electrons. The van der Waals surface area contributed by atoms with E-state index in [-0.39, 0.29) is 23.8 Å². The molecule has 1 aromatic carbocycles. The molecule has 24 heavy (non-hydrogen) atoms. The molecule has 2 N–H and O–H groups in total. The predicted octanol–water partition coefficient (Wildman–Crippen LogP) is 2.81. The van der Waals surface area contributed by atoms with Gasteiger partial charge >= 0.3 is 0 Å². The predicted molar refractivity (Wildman–Crippen MR) is 94.5 cm³/mol. The summed E-state index contributed by atoms with van der Waals surface area (Å²) in [5, 5.41) is 2.80. The van der Waals surface area contributed by atoms with Gasteiger partial charge in [-0.05, 0) is 49.6 Å². The average molecular weight is 389 g/mol. The van der Waals surface area contributed by atoms with Crippen LogP contribution in [0.5, 0.6) is 0 Å². The van der Waals surface area contributed by atoms with Gasteiger partial charge in [0.2, 0.25) is 0 Å². The second kappa shape index (κ2) is 6.36. The molecule has 0 bridgehead atoms. The normalized spacial score (nSPS) is 13.0. The molecule has 0 saturated carbocycles. The van der Waals surface area contributed by atoms with Gasteiger partial charge in [-0.2, -0.15) is 0 Å². The van der Waals surface area contributed by atoms with E-state index in [1.165, 1.54) is 0 Å². The number of halogens is 1. The minimum absolute atomic E-state index is 0.0613. The van der Waals surface area contributed by atoms with E-state index in [2.05, 4.69) is 26.2 Å². The summed E-state index contributed by atoms with van der Waals surface area (Å²) in [7, 11) is 0. The van der Waals surface area contributed by atoms with E-state index >= 15 is 0 Å². The summed E-state index contributed by atoms with van der Waals surface area (Å²) in [5.41, 5.74) is 3.86. The van der Waals surface area contributed by atoms with E-state index in [0.29, 0.717) is 34.0 Å². The van der Waals surface area contributed by atoms with Gasteiger partial charge in [0.05, 0.1) is 0 Å². The van der Waals surface area contributed by atoms with E-state index in [1.807, 2.05) is 19.9 Å². The molecule has 124 valence electrons. The van der Waals surface area contributed by atoms with Crippen molar-refractivity contribution >= 4 is 27.6 Å². The van der Waals surface area contributed by atoms with Crippen LogP contribution in [0.4, 0.5) is 0 Å². The zero-order chi connectivity index (χ0) is 17.4. The van der Waals surface area contributed by atoms with Crippen LogP contribution in [0.15, 0.2) is 27.5 Å². The van der Waals surface area contributed by atoms with E-state index in [0.717, 1.165) is 16.8 Å². The van der Waals surface area contributed by atoms with Crippen molar-refractivity contribution in [3.63, 3.8) is 0 Å². The first kappa shape index (κ1) is 16.6. The van der Waals surface area contributed by atoms with Crippen LogP contribution >= 0.6 is 15.9 Å². The standard InChI is InChI=1S/C18H17BrN2O3/c1-9-5-10(2)21-18(24)15(9)8-20-17(23)14-7-11(19)6-13-12(14)3-4-16(13)22/h5-7H,3-4,8H2,1-2H3,(H,20,23)(H,21,24). The van der Waals surface area contributed by atoms with Crippen LogP contribution < -0.4 is 10.9 Å². The summed E-state index contributed by atoms with van der Waals surface area (Å²) in [5.74, 6) is -0.215. The number of benzene rings is 1. The first-order valence-electron chi connectivity index (χ1n) is 7.70. The van der Waals surface area contributed by atoms with Crippen LogP contribution in [0, 0.1) is 13.8 Å². The summed E-state index contributed by atoms with van der Waals surface area (Å²) in [6.45, 7) is 3.81. The zero-order valence-electron chi connectivity index (χ0n) is 13.5. The lowest BCUT2D eigenvalue weighted by molar-refractivity contribution is 0.0949. The topological polar surface area (TPSA) is 79.0 Å². The first-order valence-corrected chi connectivity index (χ1v) is 8.49. The fourth-order valence-corrected chi connectivity index (χ4v) is 3.55. The highest BCUT2D eigenvalue weighted by atomic mass is 79.9. The van der Waals surface area contributed by atoms with Crippen molar-refractivity contribution < 1.29 is 9.59 Å². The third kappa shape index (κ3) is 3.06. The second-order valence-corrected chi connectivity index (χ2v) is 6.94. The van der Waals surface area contributed by atoms with Crippen molar-refractivity contribution in [3.8, 4) is 0 Å². The average Bonchev–Trinajstić information content (AvgIpc) is 2.86. The maximum Gasteiger partial charge on any atom is 0.253 e. The molecule has 0 saturated heterocycles. The van der Waals surface area contributed by atoms with Gasteiger partial charge < -0.3 is 10.3 Å². The Balaban J connectivity index is 1.86. The number of rotatable bonds is 3. The van der Waals surface area contributed by atoms with Crippen molar-refractivity contribution in [1.82, 2.24) is 10.3 Å². The molecule has 1 aliphatic rings. The number of pyridine rings is 1. The van der Waals surface area contributed by atoms with Gasteiger partial charge in [0.1, 0.15) is 0 Å². The van der Waals surface area contributed by atoms with Crippen LogP contribution in [-0.2, 0) is 13.0 Å². The maximum atomic E-state index is 12.6. The lowest BCUT2D eigenvalue weighted by atomic mass is 10.0. The number of carbonyl (C=O) groups excluding carboxylic acids is 2. The number of carbonyl (C=O) groups is 2. The number of aryl methyl sites for hydroxylation is 2. The number of Topliss-reactive ketones (excluding diaryl/α,β-unsaturated/α-hetero) is 1. The highest BCUT2D eigenvalue weighted by molar-refractivity contribution is 9.10. The molecular formula is C18H17BrN2O3. The summed E-state index contributed by atoms with van der Waals surface area (Å²) in [6.07, 6.45) is 1.01. The van der Waals surface area contributed by atoms with Crippen LogP contribution in [0.25, 0.3) is 0 Å². The molecular weight excluding hydrogens is 372 g/mol. The SMILES string of the molecule is Cc1cc(C)c(CNC(=O)c2cc(Br)cc3c2CCC3=O)c(=O)[nH]1. The Morgan fingerprint density at radius 1 is 1.21 bits per heavy atom. The Labute approximate surface area is 147 Å². The number of hydrogen-bond acceptors (Lipinski definition) is 3. The Bertz CT molecular complexity index is 915. The number of nitrogens with one attached hydrogen (secondary N) is 2. The third-order valence-electron chi connectivity index (χ3n) is 4.28. The van der Waals surface area contributed by atoms with Gasteiger partial charge in [-0.1, -0.05) is 15.9 Å². The van der Waals surface area contributed by atoms with Gasteiger partial charge in [-0.25, -0.2) is 0 Å². The fourth-order valence-electron chi connectivity index (χ4n) is 3.10. The number of ketones is 1. The van der Waals surface area contributed by atoms with E-state index in [1.54, 1.807) is 12.1 Å². The molecule has 0 fully saturated rings. The monoisotopic (exact) mass is 388 g/mol. The maximum absolute atomic E-state index is 12.6. The number of amides is 1. The molecule has 1 amide bonds. The Kier molecular flexibility index (Phi) is 4.41. The zero-order valence-corrected chi connectivity index (χ0v) is 15.0. The minimum Gasteiger partial charge on any atom is -0.348 e. The van der Waals surface area contributed by atoms with Crippen molar-refractivity contribution in [1.29, 1.82) is 0 Å². The quantitative estimate of drug-likeness (QED) is 0.848. The smallest absolute Gasteiger partial charge is 0.253 e. The lowest BCUT2D eigenvalue weighted by Gasteiger charge is -2.11. The first-order chi connectivity index (χ1) is 11.4. The van der Waals surface area contributed by atoms with Gasteiger partial charge in [-0.3, -0.25) is 14.4 Å². The highest BCUT2D eigenvalue weighted by Gasteiger charge is 2.25. The lowest BCUT2D eigenvalue weighted by Crippen LogP contribution is -2.28. The molecule has 2 aromatic rings.